The summed E-state index contributed by atoms with van der Waals surface area (Å²) in [6.45, 7) is 2.77. The first-order valence-corrected chi connectivity index (χ1v) is 6.09. The molecule has 0 aromatic heterocycles. The number of amides is 1. The molecule has 1 amide bonds. The van der Waals surface area contributed by atoms with Gasteiger partial charge >= 0.3 is 0 Å². The van der Waals surface area contributed by atoms with Gasteiger partial charge in [-0.05, 0) is 37.9 Å². The van der Waals surface area contributed by atoms with E-state index in [1.54, 1.807) is 0 Å². The minimum Gasteiger partial charge on any atom is -0.336 e. The first-order chi connectivity index (χ1) is 8.93. The number of hydrogen-bond donors (Lipinski definition) is 1. The van der Waals surface area contributed by atoms with Crippen molar-refractivity contribution in [3.05, 3.63) is 35.1 Å². The second-order valence-electron chi connectivity index (χ2n) is 4.90. The third kappa shape index (κ3) is 2.58. The molecule has 1 aromatic carbocycles. The average molecular weight is 272 g/mol. The van der Waals surface area contributed by atoms with E-state index < -0.39 is 23.4 Å². The number of carbonyl (C=O) groups excluding carboxylic acids is 1. The summed E-state index contributed by atoms with van der Waals surface area (Å²) in [6, 6.07) is 1.41. The molecule has 0 spiro atoms. The molecular weight excluding hydrogens is 257 g/mol. The zero-order valence-electron chi connectivity index (χ0n) is 10.5. The van der Waals surface area contributed by atoms with Crippen LogP contribution in [0.3, 0.4) is 0 Å². The van der Waals surface area contributed by atoms with Gasteiger partial charge in [-0.25, -0.2) is 13.2 Å². The Morgan fingerprint density at radius 3 is 2.42 bits per heavy atom. The number of nitrogens with zero attached hydrogens (tertiary/aromatic N) is 1. The van der Waals surface area contributed by atoms with Gasteiger partial charge < -0.3 is 10.6 Å². The summed E-state index contributed by atoms with van der Waals surface area (Å²) >= 11 is 0. The second-order valence-corrected chi connectivity index (χ2v) is 4.90. The number of nitrogens with two attached hydrogens (primary N) is 1. The van der Waals surface area contributed by atoms with Crippen molar-refractivity contribution in [2.45, 2.75) is 19.4 Å². The molecule has 2 unspecified atom stereocenters. The maximum Gasteiger partial charge on any atom is 0.254 e. The summed E-state index contributed by atoms with van der Waals surface area (Å²) in [7, 11) is 0. The van der Waals surface area contributed by atoms with Gasteiger partial charge in [0.2, 0.25) is 0 Å². The van der Waals surface area contributed by atoms with Crippen LogP contribution < -0.4 is 5.73 Å². The van der Waals surface area contributed by atoms with Crippen molar-refractivity contribution in [1.82, 2.24) is 4.90 Å². The van der Waals surface area contributed by atoms with Gasteiger partial charge in [-0.1, -0.05) is 0 Å². The van der Waals surface area contributed by atoms with E-state index in [4.69, 9.17) is 5.73 Å². The molecule has 3 nitrogen and oxygen atoms in total. The van der Waals surface area contributed by atoms with Gasteiger partial charge in [-0.3, -0.25) is 4.79 Å². The second kappa shape index (κ2) is 5.21. The van der Waals surface area contributed by atoms with Crippen LogP contribution in [-0.4, -0.2) is 29.9 Å². The van der Waals surface area contributed by atoms with Crippen LogP contribution in [0.2, 0.25) is 0 Å². The standard InChI is InChI=1S/C13H15F3N2O/c1-7-2-8(5-17)6-18(7)13(19)9-3-10(14)12(16)11(15)4-9/h3-4,7-8H,2,5-6,17H2,1H3. The molecule has 1 aliphatic heterocycles. The molecule has 2 atom stereocenters. The SMILES string of the molecule is CC1CC(CN)CN1C(=O)c1cc(F)c(F)c(F)c1. The van der Waals surface area contributed by atoms with Crippen molar-refractivity contribution in [2.24, 2.45) is 11.7 Å². The van der Waals surface area contributed by atoms with Crippen LogP contribution >= 0.6 is 0 Å². The third-order valence-corrected chi connectivity index (χ3v) is 3.49. The quantitative estimate of drug-likeness (QED) is 0.836. The Balaban J connectivity index is 2.25. The van der Waals surface area contributed by atoms with Crippen molar-refractivity contribution >= 4 is 5.91 Å². The summed E-state index contributed by atoms with van der Waals surface area (Å²) in [5.74, 6) is -4.59. The average Bonchev–Trinajstić information content (AvgIpc) is 2.75. The fraction of sp³-hybridized carbons (Fsp3) is 0.462. The number of benzene rings is 1. The van der Waals surface area contributed by atoms with E-state index in [0.29, 0.717) is 13.1 Å². The van der Waals surface area contributed by atoms with E-state index in [1.165, 1.54) is 4.90 Å². The molecule has 19 heavy (non-hydrogen) atoms. The molecule has 2 N–H and O–H groups in total. The molecule has 0 aliphatic carbocycles. The van der Waals surface area contributed by atoms with E-state index in [0.717, 1.165) is 18.6 Å². The van der Waals surface area contributed by atoms with E-state index in [2.05, 4.69) is 0 Å². The van der Waals surface area contributed by atoms with Gasteiger partial charge in [0.15, 0.2) is 17.5 Å². The van der Waals surface area contributed by atoms with Crippen molar-refractivity contribution in [3.63, 3.8) is 0 Å². The van der Waals surface area contributed by atoms with Crippen molar-refractivity contribution in [1.29, 1.82) is 0 Å². The lowest BCUT2D eigenvalue weighted by molar-refractivity contribution is 0.0742. The summed E-state index contributed by atoms with van der Waals surface area (Å²) in [6.07, 6.45) is 0.758. The number of carbonyl (C=O) groups is 1. The molecule has 6 heteroatoms. The van der Waals surface area contributed by atoms with Crippen LogP contribution in [-0.2, 0) is 0 Å². The molecule has 0 bridgehead atoms. The Labute approximate surface area is 109 Å². The summed E-state index contributed by atoms with van der Waals surface area (Å²) in [4.78, 5) is 13.7. The lowest BCUT2D eigenvalue weighted by Crippen LogP contribution is -2.34. The van der Waals surface area contributed by atoms with E-state index in [9.17, 15) is 18.0 Å². The zero-order chi connectivity index (χ0) is 14.2. The van der Waals surface area contributed by atoms with Gasteiger partial charge in [0.25, 0.3) is 5.91 Å². The topological polar surface area (TPSA) is 46.3 Å². The first kappa shape index (κ1) is 13.9. The lowest BCUT2D eigenvalue weighted by atomic mass is 10.1. The van der Waals surface area contributed by atoms with Gasteiger partial charge in [-0.15, -0.1) is 0 Å². The van der Waals surface area contributed by atoms with Gasteiger partial charge in [0.1, 0.15) is 0 Å². The van der Waals surface area contributed by atoms with Gasteiger partial charge in [-0.2, -0.15) is 0 Å². The van der Waals surface area contributed by atoms with E-state index in [-0.39, 0.29) is 17.5 Å². The summed E-state index contributed by atoms with van der Waals surface area (Å²) in [5.41, 5.74) is 5.38. The van der Waals surface area contributed by atoms with Crippen LogP contribution in [0.1, 0.15) is 23.7 Å². The van der Waals surface area contributed by atoms with Crippen molar-refractivity contribution in [2.75, 3.05) is 13.1 Å². The summed E-state index contributed by atoms with van der Waals surface area (Å²) in [5, 5.41) is 0. The van der Waals surface area contributed by atoms with Crippen LogP contribution in [0.15, 0.2) is 12.1 Å². The monoisotopic (exact) mass is 272 g/mol. The molecule has 1 fully saturated rings. The molecule has 0 saturated carbocycles. The van der Waals surface area contributed by atoms with E-state index in [1.807, 2.05) is 6.92 Å². The molecule has 2 rings (SSSR count). The van der Waals surface area contributed by atoms with Crippen LogP contribution in [0.5, 0.6) is 0 Å². The maximum atomic E-state index is 13.1. The molecular formula is C13H15F3N2O. The predicted molar refractivity (Wildman–Crippen MR) is 64.0 cm³/mol. The fourth-order valence-corrected chi connectivity index (χ4v) is 2.44. The molecule has 1 heterocycles. The molecule has 104 valence electrons. The van der Waals surface area contributed by atoms with Crippen LogP contribution in [0, 0.1) is 23.4 Å². The Morgan fingerprint density at radius 2 is 1.95 bits per heavy atom. The fourth-order valence-electron chi connectivity index (χ4n) is 2.44. The van der Waals surface area contributed by atoms with Crippen LogP contribution in [0.25, 0.3) is 0 Å². The normalized spacial score (nSPS) is 22.9. The Kier molecular flexibility index (Phi) is 3.80. The molecule has 1 saturated heterocycles. The molecule has 0 radical (unpaired) electrons. The van der Waals surface area contributed by atoms with Gasteiger partial charge in [0, 0.05) is 18.2 Å². The first-order valence-electron chi connectivity index (χ1n) is 6.09. The van der Waals surface area contributed by atoms with Crippen molar-refractivity contribution in [3.8, 4) is 0 Å². The van der Waals surface area contributed by atoms with Crippen molar-refractivity contribution < 1.29 is 18.0 Å². The lowest BCUT2D eigenvalue weighted by Gasteiger charge is -2.21. The molecule has 1 aliphatic rings. The molecule has 1 aromatic rings. The largest absolute Gasteiger partial charge is 0.336 e. The highest BCUT2D eigenvalue weighted by Crippen LogP contribution is 2.25. The van der Waals surface area contributed by atoms with E-state index >= 15 is 0 Å². The minimum absolute atomic E-state index is 0.0442. The maximum absolute atomic E-state index is 13.1. The Hall–Kier alpha value is -1.56. The highest BCUT2D eigenvalue weighted by atomic mass is 19.2. The smallest absolute Gasteiger partial charge is 0.254 e. The number of hydrogen-bond acceptors (Lipinski definition) is 2. The Morgan fingerprint density at radius 1 is 1.37 bits per heavy atom. The number of rotatable bonds is 2. The predicted octanol–water partition coefficient (Wildman–Crippen LogP) is 1.91. The van der Waals surface area contributed by atoms with Gasteiger partial charge in [0.05, 0.1) is 0 Å². The number of likely N-dealkylation sites (tertiary alicyclic amines) is 1. The zero-order valence-corrected chi connectivity index (χ0v) is 10.5. The third-order valence-electron chi connectivity index (χ3n) is 3.49. The highest BCUT2D eigenvalue weighted by molar-refractivity contribution is 5.94. The Bertz CT molecular complexity index is 484. The minimum atomic E-state index is -1.56. The number of halogens is 3. The highest BCUT2D eigenvalue weighted by Gasteiger charge is 2.32. The van der Waals surface area contributed by atoms with Crippen LogP contribution in [0.4, 0.5) is 13.2 Å². The summed E-state index contributed by atoms with van der Waals surface area (Å²) < 4.78 is 39.1.